The summed E-state index contributed by atoms with van der Waals surface area (Å²) in [7, 11) is -1.14. The van der Waals surface area contributed by atoms with E-state index >= 15 is 0 Å². The normalized spacial score (nSPS) is 10.9. The van der Waals surface area contributed by atoms with Crippen molar-refractivity contribution in [3.63, 3.8) is 0 Å². The van der Waals surface area contributed by atoms with Gasteiger partial charge in [-0.15, -0.1) is 0 Å². The molecule has 0 atom stereocenters. The molecule has 0 aliphatic carbocycles. The van der Waals surface area contributed by atoms with Crippen molar-refractivity contribution in [2.45, 2.75) is 4.90 Å². The molecule has 2 aromatic rings. The minimum absolute atomic E-state index is 0.107. The van der Waals surface area contributed by atoms with Gasteiger partial charge in [0.05, 0.1) is 19.9 Å². The Morgan fingerprint density at radius 1 is 1.13 bits per heavy atom. The summed E-state index contributed by atoms with van der Waals surface area (Å²) < 4.78 is 37.5. The number of hydrogen-bond donors (Lipinski definition) is 1. The molecule has 6 nitrogen and oxygen atoms in total. The van der Waals surface area contributed by atoms with Gasteiger partial charge in [-0.2, -0.15) is 0 Å². The van der Waals surface area contributed by atoms with Gasteiger partial charge in [-0.3, -0.25) is 4.72 Å². The maximum absolute atomic E-state index is 12.4. The van der Waals surface area contributed by atoms with E-state index in [-0.39, 0.29) is 21.9 Å². The number of carbonyl (C=O) groups excluding carboxylic acids is 1. The quantitative estimate of drug-likeness (QED) is 0.781. The van der Waals surface area contributed by atoms with E-state index in [9.17, 15) is 13.2 Å². The van der Waals surface area contributed by atoms with Gasteiger partial charge < -0.3 is 9.47 Å². The van der Waals surface area contributed by atoms with Gasteiger partial charge in [-0.1, -0.05) is 12.1 Å². The number of methoxy groups -OCH3 is 2. The standard InChI is InChI=1S/C15H14BrNO5S/c1-21-13-9-10(7-8-11(13)15(18)22-2)17-23(19,20)14-6-4-3-5-12(14)16/h3-9,17H,1-2H3. The number of rotatable bonds is 5. The summed E-state index contributed by atoms with van der Waals surface area (Å²) in [6.45, 7) is 0. The predicted molar refractivity (Wildman–Crippen MR) is 89.3 cm³/mol. The molecule has 0 unspecified atom stereocenters. The topological polar surface area (TPSA) is 81.7 Å². The molecular weight excluding hydrogens is 386 g/mol. The van der Waals surface area contributed by atoms with Gasteiger partial charge in [0.15, 0.2) is 0 Å². The van der Waals surface area contributed by atoms with Crippen LogP contribution in [0.3, 0.4) is 0 Å². The van der Waals surface area contributed by atoms with Crippen LogP contribution in [0, 0.1) is 0 Å². The Labute approximate surface area is 142 Å². The van der Waals surface area contributed by atoms with Crippen molar-refractivity contribution in [3.05, 3.63) is 52.5 Å². The maximum atomic E-state index is 12.4. The molecule has 1 N–H and O–H groups in total. The lowest BCUT2D eigenvalue weighted by atomic mass is 10.2. The summed E-state index contributed by atoms with van der Waals surface area (Å²) >= 11 is 3.21. The van der Waals surface area contributed by atoms with Crippen LogP contribution < -0.4 is 9.46 Å². The molecular formula is C15H14BrNO5S. The Morgan fingerprint density at radius 3 is 2.43 bits per heavy atom. The van der Waals surface area contributed by atoms with Crippen LogP contribution in [0.5, 0.6) is 5.75 Å². The molecule has 0 aromatic heterocycles. The Balaban J connectivity index is 2.37. The van der Waals surface area contributed by atoms with Gasteiger partial charge >= 0.3 is 5.97 Å². The van der Waals surface area contributed by atoms with Gasteiger partial charge in [0.25, 0.3) is 10.0 Å². The third-order valence-electron chi connectivity index (χ3n) is 2.99. The first-order valence-electron chi connectivity index (χ1n) is 6.42. The van der Waals surface area contributed by atoms with Gasteiger partial charge in [-0.25, -0.2) is 13.2 Å². The van der Waals surface area contributed by atoms with Crippen molar-refractivity contribution >= 4 is 37.6 Å². The van der Waals surface area contributed by atoms with Crippen molar-refractivity contribution in [2.75, 3.05) is 18.9 Å². The molecule has 0 bridgehead atoms. The lowest BCUT2D eigenvalue weighted by Gasteiger charge is -2.12. The molecule has 0 radical (unpaired) electrons. The summed E-state index contributed by atoms with van der Waals surface area (Å²) in [5, 5.41) is 0. The van der Waals surface area contributed by atoms with Crippen LogP contribution in [-0.4, -0.2) is 28.6 Å². The summed E-state index contributed by atoms with van der Waals surface area (Å²) in [5.41, 5.74) is 0.476. The highest BCUT2D eigenvalue weighted by molar-refractivity contribution is 9.10. The minimum atomic E-state index is -3.78. The molecule has 122 valence electrons. The molecule has 0 aliphatic heterocycles. The SMILES string of the molecule is COC(=O)c1ccc(NS(=O)(=O)c2ccccc2Br)cc1OC. The fraction of sp³-hybridized carbons (Fsp3) is 0.133. The fourth-order valence-corrected chi connectivity index (χ4v) is 3.96. The largest absolute Gasteiger partial charge is 0.496 e. The smallest absolute Gasteiger partial charge is 0.341 e. The van der Waals surface area contributed by atoms with Gasteiger partial charge in [0.2, 0.25) is 0 Å². The number of halogens is 1. The van der Waals surface area contributed by atoms with Gasteiger partial charge in [0.1, 0.15) is 16.2 Å². The summed E-state index contributed by atoms with van der Waals surface area (Å²) in [4.78, 5) is 11.7. The van der Waals surface area contributed by atoms with Crippen LogP contribution >= 0.6 is 15.9 Å². The minimum Gasteiger partial charge on any atom is -0.496 e. The molecule has 0 aliphatic rings. The van der Waals surface area contributed by atoms with E-state index in [2.05, 4.69) is 25.4 Å². The van der Waals surface area contributed by atoms with Crippen molar-refractivity contribution in [2.24, 2.45) is 0 Å². The zero-order chi connectivity index (χ0) is 17.0. The van der Waals surface area contributed by atoms with E-state index in [0.717, 1.165) is 0 Å². The predicted octanol–water partition coefficient (Wildman–Crippen LogP) is 3.05. The number of benzene rings is 2. The average Bonchev–Trinajstić information content (AvgIpc) is 2.53. The molecule has 2 aromatic carbocycles. The van der Waals surface area contributed by atoms with E-state index in [1.54, 1.807) is 18.2 Å². The van der Waals surface area contributed by atoms with E-state index < -0.39 is 16.0 Å². The van der Waals surface area contributed by atoms with Crippen LogP contribution in [0.1, 0.15) is 10.4 Å². The van der Waals surface area contributed by atoms with Crippen molar-refractivity contribution in [1.29, 1.82) is 0 Å². The van der Waals surface area contributed by atoms with Crippen molar-refractivity contribution < 1.29 is 22.7 Å². The number of anilines is 1. The molecule has 0 saturated heterocycles. The van der Waals surface area contributed by atoms with Crippen molar-refractivity contribution in [1.82, 2.24) is 0 Å². The van der Waals surface area contributed by atoms with E-state index in [1.807, 2.05) is 0 Å². The van der Waals surface area contributed by atoms with Gasteiger partial charge in [0, 0.05) is 10.5 Å². The van der Waals surface area contributed by atoms with Gasteiger partial charge in [-0.05, 0) is 40.2 Å². The number of carbonyl (C=O) groups is 1. The van der Waals surface area contributed by atoms with Crippen LogP contribution in [0.25, 0.3) is 0 Å². The van der Waals surface area contributed by atoms with Crippen LogP contribution in [-0.2, 0) is 14.8 Å². The second-order valence-corrected chi connectivity index (χ2v) is 6.95. The number of hydrogen-bond acceptors (Lipinski definition) is 5. The molecule has 8 heteroatoms. The molecule has 0 heterocycles. The molecule has 0 saturated carbocycles. The highest BCUT2D eigenvalue weighted by Gasteiger charge is 2.19. The monoisotopic (exact) mass is 399 g/mol. The Hall–Kier alpha value is -2.06. The third-order valence-corrected chi connectivity index (χ3v) is 5.38. The third kappa shape index (κ3) is 3.83. The Bertz CT molecular complexity index is 836. The van der Waals surface area contributed by atoms with Crippen molar-refractivity contribution in [3.8, 4) is 5.75 Å². The highest BCUT2D eigenvalue weighted by atomic mass is 79.9. The summed E-state index contributed by atoms with van der Waals surface area (Å²) in [6, 6.07) is 10.8. The molecule has 0 spiro atoms. The summed E-state index contributed by atoms with van der Waals surface area (Å²) in [6.07, 6.45) is 0. The lowest BCUT2D eigenvalue weighted by Crippen LogP contribution is -2.14. The second kappa shape index (κ2) is 7.01. The van der Waals surface area contributed by atoms with E-state index in [4.69, 9.17) is 4.74 Å². The fourth-order valence-electron chi connectivity index (χ4n) is 1.91. The van der Waals surface area contributed by atoms with E-state index in [1.165, 1.54) is 38.5 Å². The number of nitrogens with one attached hydrogen (secondary N) is 1. The maximum Gasteiger partial charge on any atom is 0.341 e. The first-order chi connectivity index (χ1) is 10.9. The molecule has 0 amide bonds. The molecule has 23 heavy (non-hydrogen) atoms. The average molecular weight is 400 g/mol. The molecule has 2 rings (SSSR count). The summed E-state index contributed by atoms with van der Waals surface area (Å²) in [5.74, 6) is -0.355. The second-order valence-electron chi connectivity index (χ2n) is 4.44. The first kappa shape index (κ1) is 17.3. The van der Waals surface area contributed by atoms with Crippen LogP contribution in [0.4, 0.5) is 5.69 Å². The zero-order valence-electron chi connectivity index (χ0n) is 12.4. The van der Waals surface area contributed by atoms with Crippen LogP contribution in [0.2, 0.25) is 0 Å². The number of ether oxygens (including phenoxy) is 2. The Morgan fingerprint density at radius 2 is 1.83 bits per heavy atom. The number of sulfonamides is 1. The lowest BCUT2D eigenvalue weighted by molar-refractivity contribution is 0.0597. The van der Waals surface area contributed by atoms with E-state index in [0.29, 0.717) is 4.47 Å². The zero-order valence-corrected chi connectivity index (χ0v) is 14.8. The Kier molecular flexibility index (Phi) is 5.27. The highest BCUT2D eigenvalue weighted by Crippen LogP contribution is 2.27. The van der Waals surface area contributed by atoms with Crippen LogP contribution in [0.15, 0.2) is 51.8 Å². The molecule has 0 fully saturated rings. The first-order valence-corrected chi connectivity index (χ1v) is 8.70. The number of esters is 1.